The number of nitrogens with one attached hydrogen (secondary N) is 2. The minimum Gasteiger partial charge on any atom is -0.352 e. The van der Waals surface area contributed by atoms with Gasteiger partial charge in [0.15, 0.2) is 0 Å². The van der Waals surface area contributed by atoms with Gasteiger partial charge in [-0.3, -0.25) is 9.69 Å². The van der Waals surface area contributed by atoms with Gasteiger partial charge >= 0.3 is 6.03 Å². The lowest BCUT2D eigenvalue weighted by Gasteiger charge is -2.23. The fourth-order valence-corrected chi connectivity index (χ4v) is 3.44. The molecule has 0 saturated carbocycles. The molecule has 0 aliphatic carbocycles. The summed E-state index contributed by atoms with van der Waals surface area (Å²) < 4.78 is 14.3. The van der Waals surface area contributed by atoms with Crippen molar-refractivity contribution >= 4 is 62.4 Å². The van der Waals surface area contributed by atoms with Crippen molar-refractivity contribution in [3.8, 4) is 0 Å². The molecule has 0 fully saturated rings. The van der Waals surface area contributed by atoms with Crippen molar-refractivity contribution in [1.29, 1.82) is 0 Å². The lowest BCUT2D eigenvalue weighted by atomic mass is 10.2. The molecule has 166 valence electrons. The molecule has 0 bridgehead atoms. The van der Waals surface area contributed by atoms with Gasteiger partial charge in [0, 0.05) is 34.5 Å². The molecule has 0 saturated heterocycles. The van der Waals surface area contributed by atoms with Gasteiger partial charge in [-0.2, -0.15) is 0 Å². The van der Waals surface area contributed by atoms with Crippen LogP contribution in [0.15, 0.2) is 71.2 Å². The third-order valence-electron chi connectivity index (χ3n) is 4.50. The molecule has 0 atom stereocenters. The summed E-state index contributed by atoms with van der Waals surface area (Å²) in [5.74, 6) is -0.605. The van der Waals surface area contributed by atoms with E-state index >= 15 is 0 Å². The molecule has 5 nitrogen and oxygen atoms in total. The van der Waals surface area contributed by atoms with Crippen LogP contribution in [0.5, 0.6) is 0 Å². The van der Waals surface area contributed by atoms with Crippen LogP contribution in [0.1, 0.15) is 16.8 Å². The summed E-state index contributed by atoms with van der Waals surface area (Å²) in [4.78, 5) is 26.7. The van der Waals surface area contributed by atoms with E-state index in [0.29, 0.717) is 46.5 Å². The number of amides is 3. The van der Waals surface area contributed by atoms with E-state index in [2.05, 4.69) is 26.6 Å². The molecule has 9 heteroatoms. The summed E-state index contributed by atoms with van der Waals surface area (Å²) in [6.07, 6.45) is 0.481. The molecule has 0 spiro atoms. The van der Waals surface area contributed by atoms with Crippen molar-refractivity contribution < 1.29 is 14.0 Å². The van der Waals surface area contributed by atoms with Crippen LogP contribution in [0.25, 0.3) is 0 Å². The third-order valence-corrected chi connectivity index (χ3v) is 5.77. The van der Waals surface area contributed by atoms with Crippen molar-refractivity contribution in [2.24, 2.45) is 0 Å². The maximum absolute atomic E-state index is 13.4. The molecule has 3 rings (SSSR count). The van der Waals surface area contributed by atoms with Crippen molar-refractivity contribution in [2.45, 2.75) is 6.42 Å². The van der Waals surface area contributed by atoms with Gasteiger partial charge in [0.2, 0.25) is 0 Å². The van der Waals surface area contributed by atoms with Gasteiger partial charge < -0.3 is 10.6 Å². The Labute approximate surface area is 203 Å². The number of nitrogens with zero attached hydrogens (tertiary/aromatic N) is 1. The largest absolute Gasteiger partial charge is 0.352 e. The second-order valence-corrected chi connectivity index (χ2v) is 8.53. The maximum atomic E-state index is 13.4. The van der Waals surface area contributed by atoms with Gasteiger partial charge in [0.1, 0.15) is 5.82 Å². The second-order valence-electron chi connectivity index (χ2n) is 6.80. The Hall–Kier alpha value is -2.61. The first kappa shape index (κ1) is 24.0. The zero-order valence-electron chi connectivity index (χ0n) is 16.7. The van der Waals surface area contributed by atoms with E-state index in [9.17, 15) is 14.0 Å². The van der Waals surface area contributed by atoms with Crippen molar-refractivity contribution in [3.05, 3.63) is 92.6 Å². The van der Waals surface area contributed by atoms with Gasteiger partial charge in [-0.1, -0.05) is 39.1 Å². The molecule has 3 aromatic rings. The van der Waals surface area contributed by atoms with Crippen LogP contribution in [-0.4, -0.2) is 25.0 Å². The van der Waals surface area contributed by atoms with Gasteiger partial charge in [-0.05, 0) is 73.2 Å². The Balaban J connectivity index is 1.64. The number of anilines is 2. The Kier molecular flexibility index (Phi) is 8.50. The molecule has 2 N–H and O–H groups in total. The molecule has 0 aromatic heterocycles. The monoisotopic (exact) mass is 537 g/mol. The second kappa shape index (κ2) is 11.3. The number of carbonyl (C=O) groups excluding carboxylic acids is 2. The summed E-state index contributed by atoms with van der Waals surface area (Å²) in [5.41, 5.74) is 1.53. The van der Waals surface area contributed by atoms with Crippen LogP contribution >= 0.6 is 39.1 Å². The highest BCUT2D eigenvalue weighted by Gasteiger charge is 2.17. The molecule has 0 radical (unpaired) electrons. The van der Waals surface area contributed by atoms with E-state index in [-0.39, 0.29) is 5.91 Å². The standard InChI is InChI=1S/C23H19BrCl2FN3O2/c24-16-4-2-15(3-5-16)22(31)28-12-1-13-30(19-9-6-17(27)7-10-19)23(32)29-18-8-11-20(25)21(26)14-18/h2-11,14H,1,12-13H2,(H,28,31)(H,29,32). The molecule has 0 aliphatic rings. The molecular weight excluding hydrogens is 520 g/mol. The zero-order chi connectivity index (χ0) is 23.1. The predicted molar refractivity (Wildman–Crippen MR) is 130 cm³/mol. The fraction of sp³-hybridized carbons (Fsp3) is 0.130. The highest BCUT2D eigenvalue weighted by atomic mass is 79.9. The summed E-state index contributed by atoms with van der Waals surface area (Å²) in [5, 5.41) is 6.28. The smallest absolute Gasteiger partial charge is 0.326 e. The van der Waals surface area contributed by atoms with Crippen LogP contribution < -0.4 is 15.5 Å². The van der Waals surface area contributed by atoms with Gasteiger partial charge in [-0.25, -0.2) is 9.18 Å². The maximum Gasteiger partial charge on any atom is 0.326 e. The molecule has 0 aliphatic heterocycles. The van der Waals surface area contributed by atoms with Crippen LogP contribution in [0.3, 0.4) is 0 Å². The average Bonchev–Trinajstić information content (AvgIpc) is 2.77. The lowest BCUT2D eigenvalue weighted by Crippen LogP contribution is -2.37. The fourth-order valence-electron chi connectivity index (χ4n) is 2.88. The summed E-state index contributed by atoms with van der Waals surface area (Å²) in [6.45, 7) is 0.645. The number of rotatable bonds is 7. The molecule has 0 heterocycles. The third kappa shape index (κ3) is 6.69. The molecule has 0 unspecified atom stereocenters. The van der Waals surface area contributed by atoms with Crippen LogP contribution in [0.2, 0.25) is 10.0 Å². The molecular formula is C23H19BrCl2FN3O2. The van der Waals surface area contributed by atoms with Gasteiger partial charge in [0.25, 0.3) is 5.91 Å². The van der Waals surface area contributed by atoms with Crippen LogP contribution in [0, 0.1) is 5.82 Å². The molecule has 32 heavy (non-hydrogen) atoms. The number of hydrogen-bond donors (Lipinski definition) is 2. The summed E-state index contributed by atoms with van der Waals surface area (Å²) >= 11 is 15.3. The molecule has 3 amide bonds. The highest BCUT2D eigenvalue weighted by molar-refractivity contribution is 9.10. The van der Waals surface area contributed by atoms with E-state index in [1.165, 1.54) is 29.2 Å². The van der Waals surface area contributed by atoms with Crippen molar-refractivity contribution in [2.75, 3.05) is 23.3 Å². The number of carbonyl (C=O) groups is 2. The number of halogens is 4. The van der Waals surface area contributed by atoms with E-state index in [1.54, 1.807) is 42.5 Å². The first-order chi connectivity index (χ1) is 15.3. The Bertz CT molecular complexity index is 1100. The topological polar surface area (TPSA) is 61.4 Å². The normalized spacial score (nSPS) is 10.5. The predicted octanol–water partition coefficient (Wildman–Crippen LogP) is 6.75. The van der Waals surface area contributed by atoms with Gasteiger partial charge in [0.05, 0.1) is 10.0 Å². The number of urea groups is 1. The number of hydrogen-bond acceptors (Lipinski definition) is 2. The first-order valence-electron chi connectivity index (χ1n) is 9.66. The van der Waals surface area contributed by atoms with E-state index in [4.69, 9.17) is 23.2 Å². The zero-order valence-corrected chi connectivity index (χ0v) is 19.8. The SMILES string of the molecule is O=C(NCCCN(C(=O)Nc1ccc(Cl)c(Cl)c1)c1ccc(F)cc1)c1ccc(Br)cc1. The Morgan fingerprint density at radius 1 is 0.938 bits per heavy atom. The van der Waals surface area contributed by atoms with E-state index in [0.717, 1.165) is 4.47 Å². The van der Waals surface area contributed by atoms with Gasteiger partial charge in [-0.15, -0.1) is 0 Å². The minimum absolute atomic E-state index is 0.203. The summed E-state index contributed by atoms with van der Waals surface area (Å²) in [6, 6.07) is 17.0. The van der Waals surface area contributed by atoms with Crippen LogP contribution in [-0.2, 0) is 0 Å². The van der Waals surface area contributed by atoms with Crippen molar-refractivity contribution in [3.63, 3.8) is 0 Å². The van der Waals surface area contributed by atoms with E-state index in [1.807, 2.05) is 0 Å². The van der Waals surface area contributed by atoms with Crippen molar-refractivity contribution in [1.82, 2.24) is 5.32 Å². The Morgan fingerprint density at radius 2 is 1.62 bits per heavy atom. The van der Waals surface area contributed by atoms with E-state index < -0.39 is 11.8 Å². The summed E-state index contributed by atoms with van der Waals surface area (Å²) in [7, 11) is 0. The Morgan fingerprint density at radius 3 is 2.28 bits per heavy atom. The minimum atomic E-state index is -0.422. The first-order valence-corrected chi connectivity index (χ1v) is 11.2. The average molecular weight is 539 g/mol. The quantitative estimate of drug-likeness (QED) is 0.327. The van der Waals surface area contributed by atoms with Crippen LogP contribution in [0.4, 0.5) is 20.6 Å². The molecule has 3 aromatic carbocycles. The number of benzene rings is 3. The lowest BCUT2D eigenvalue weighted by molar-refractivity contribution is 0.0953. The highest BCUT2D eigenvalue weighted by Crippen LogP contribution is 2.26.